The first kappa shape index (κ1) is 19.6. The molecule has 154 valence electrons. The third kappa shape index (κ3) is 4.30. The molecule has 2 fully saturated rings. The lowest BCUT2D eigenvalue weighted by atomic mass is 9.73. The van der Waals surface area contributed by atoms with Crippen molar-refractivity contribution in [1.29, 1.82) is 0 Å². The Labute approximate surface area is 167 Å². The summed E-state index contributed by atoms with van der Waals surface area (Å²) in [5.41, 5.74) is 1.04. The normalized spacial score (nSPS) is 21.1. The molecule has 0 unspecified atom stereocenters. The highest BCUT2D eigenvalue weighted by atomic mass is 16.5. The Morgan fingerprint density at radius 3 is 2.54 bits per heavy atom. The number of morpholine rings is 1. The molecule has 7 nitrogen and oxygen atoms in total. The minimum atomic E-state index is -0.0913. The molecule has 1 saturated heterocycles. The zero-order valence-electron chi connectivity index (χ0n) is 17.6. The number of fused-ring (bicyclic) bond motifs is 1. The van der Waals surface area contributed by atoms with Gasteiger partial charge in [0.1, 0.15) is 5.82 Å². The molecule has 0 atom stereocenters. The van der Waals surface area contributed by atoms with E-state index in [1.807, 2.05) is 16.6 Å². The summed E-state index contributed by atoms with van der Waals surface area (Å²) in [6, 6.07) is 4.04. The van der Waals surface area contributed by atoms with Crippen molar-refractivity contribution in [3.8, 4) is 0 Å². The van der Waals surface area contributed by atoms with Crippen LogP contribution < -0.4 is 5.32 Å². The SMILES string of the molecule is CC(C)(C)c1nnc2ccc(NCC3(CN4CCOCC4)CCCCC3)nn12. The molecule has 0 radical (unpaired) electrons. The van der Waals surface area contributed by atoms with Gasteiger partial charge in [-0.25, -0.2) is 0 Å². The van der Waals surface area contributed by atoms with Crippen molar-refractivity contribution in [2.24, 2.45) is 5.41 Å². The maximum atomic E-state index is 5.54. The molecule has 0 spiro atoms. The van der Waals surface area contributed by atoms with Crippen molar-refractivity contribution in [3.05, 3.63) is 18.0 Å². The van der Waals surface area contributed by atoms with Crippen LogP contribution >= 0.6 is 0 Å². The maximum Gasteiger partial charge on any atom is 0.178 e. The molecule has 1 aliphatic carbocycles. The Morgan fingerprint density at radius 1 is 1.07 bits per heavy atom. The lowest BCUT2D eigenvalue weighted by Gasteiger charge is -2.42. The monoisotopic (exact) mass is 386 g/mol. The van der Waals surface area contributed by atoms with E-state index in [-0.39, 0.29) is 5.41 Å². The van der Waals surface area contributed by atoms with Crippen LogP contribution in [0.3, 0.4) is 0 Å². The largest absolute Gasteiger partial charge is 0.379 e. The van der Waals surface area contributed by atoms with Gasteiger partial charge in [0, 0.05) is 37.0 Å². The average molecular weight is 387 g/mol. The van der Waals surface area contributed by atoms with E-state index in [4.69, 9.17) is 9.84 Å². The molecule has 28 heavy (non-hydrogen) atoms. The molecule has 2 aromatic rings. The van der Waals surface area contributed by atoms with Gasteiger partial charge in [0.2, 0.25) is 0 Å². The molecule has 7 heteroatoms. The number of nitrogens with zero attached hydrogens (tertiary/aromatic N) is 5. The highest BCUT2D eigenvalue weighted by Gasteiger charge is 2.34. The first-order valence-electron chi connectivity index (χ1n) is 10.7. The second-order valence-electron chi connectivity index (χ2n) is 9.56. The summed E-state index contributed by atoms with van der Waals surface area (Å²) in [5.74, 6) is 1.80. The second-order valence-corrected chi connectivity index (χ2v) is 9.56. The van der Waals surface area contributed by atoms with Crippen LogP contribution in [0.5, 0.6) is 0 Å². The van der Waals surface area contributed by atoms with Gasteiger partial charge in [-0.3, -0.25) is 4.90 Å². The van der Waals surface area contributed by atoms with Crippen molar-refractivity contribution in [1.82, 2.24) is 24.7 Å². The number of rotatable bonds is 5. The van der Waals surface area contributed by atoms with Crippen molar-refractivity contribution in [3.63, 3.8) is 0 Å². The number of ether oxygens (including phenoxy) is 1. The second kappa shape index (κ2) is 7.95. The fraction of sp³-hybridized carbons (Fsp3) is 0.762. The van der Waals surface area contributed by atoms with E-state index < -0.39 is 0 Å². The first-order valence-corrected chi connectivity index (χ1v) is 10.7. The van der Waals surface area contributed by atoms with Crippen LogP contribution in [-0.4, -0.2) is 64.1 Å². The van der Waals surface area contributed by atoms with Crippen molar-refractivity contribution in [2.45, 2.75) is 58.3 Å². The van der Waals surface area contributed by atoms with Crippen LogP contribution in [0.2, 0.25) is 0 Å². The number of aromatic nitrogens is 4. The Hall–Kier alpha value is -1.73. The predicted octanol–water partition coefficient (Wildman–Crippen LogP) is 3.12. The highest BCUT2D eigenvalue weighted by Crippen LogP contribution is 2.37. The zero-order chi connectivity index (χ0) is 19.6. The van der Waals surface area contributed by atoms with Crippen molar-refractivity contribution >= 4 is 11.5 Å². The summed E-state index contributed by atoms with van der Waals surface area (Å²) >= 11 is 0. The molecular formula is C21H34N6O. The van der Waals surface area contributed by atoms with Gasteiger partial charge in [0.05, 0.1) is 13.2 Å². The van der Waals surface area contributed by atoms with Gasteiger partial charge in [0.15, 0.2) is 11.5 Å². The van der Waals surface area contributed by atoms with E-state index >= 15 is 0 Å². The number of hydrogen-bond donors (Lipinski definition) is 1. The summed E-state index contributed by atoms with van der Waals surface area (Å²) < 4.78 is 7.43. The third-order valence-electron chi connectivity index (χ3n) is 6.16. The Morgan fingerprint density at radius 2 is 1.82 bits per heavy atom. The molecule has 2 aromatic heterocycles. The molecule has 0 aromatic carbocycles. The lowest BCUT2D eigenvalue weighted by molar-refractivity contribution is 0.0102. The fourth-order valence-electron chi connectivity index (χ4n) is 4.56. The molecule has 1 aliphatic heterocycles. The quantitative estimate of drug-likeness (QED) is 0.852. The molecule has 4 rings (SSSR count). The average Bonchev–Trinajstić information content (AvgIpc) is 3.12. The zero-order valence-corrected chi connectivity index (χ0v) is 17.6. The number of nitrogens with one attached hydrogen (secondary N) is 1. The topological polar surface area (TPSA) is 67.6 Å². The standard InChI is InChI=1S/C21H34N6O/c1-20(2,3)19-24-23-18-8-7-17(25-27(18)19)22-15-21(9-5-4-6-10-21)16-26-11-13-28-14-12-26/h7-8H,4-6,9-16H2,1-3H3,(H,22,25). The molecule has 0 amide bonds. The Kier molecular flexibility index (Phi) is 5.56. The van der Waals surface area contributed by atoms with Crippen molar-refractivity contribution < 1.29 is 4.74 Å². The van der Waals surface area contributed by atoms with Crippen LogP contribution in [0.4, 0.5) is 5.82 Å². The number of anilines is 1. The van der Waals surface area contributed by atoms with E-state index in [1.165, 1.54) is 32.1 Å². The molecule has 0 bridgehead atoms. The summed E-state index contributed by atoms with van der Waals surface area (Å²) in [6.45, 7) is 12.4. The molecule has 2 aliphatic rings. The van der Waals surface area contributed by atoms with Crippen LogP contribution in [0.25, 0.3) is 5.65 Å². The molecule has 1 saturated carbocycles. The Balaban J connectivity index is 1.50. The summed E-state index contributed by atoms with van der Waals surface area (Å²) in [7, 11) is 0. The summed E-state index contributed by atoms with van der Waals surface area (Å²) in [6.07, 6.45) is 6.61. The third-order valence-corrected chi connectivity index (χ3v) is 6.16. The van der Waals surface area contributed by atoms with Gasteiger partial charge >= 0.3 is 0 Å². The first-order chi connectivity index (χ1) is 13.5. The van der Waals surface area contributed by atoms with E-state index in [0.717, 1.165) is 56.7 Å². The van der Waals surface area contributed by atoms with Gasteiger partial charge in [-0.2, -0.15) is 4.52 Å². The molecule has 1 N–H and O–H groups in total. The van der Waals surface area contributed by atoms with Crippen LogP contribution in [-0.2, 0) is 10.2 Å². The fourth-order valence-corrected chi connectivity index (χ4v) is 4.56. The lowest BCUT2D eigenvalue weighted by Crippen LogP contribution is -2.47. The van der Waals surface area contributed by atoms with Gasteiger partial charge in [-0.15, -0.1) is 15.3 Å². The van der Waals surface area contributed by atoms with Crippen molar-refractivity contribution in [2.75, 3.05) is 44.7 Å². The van der Waals surface area contributed by atoms with E-state index in [2.05, 4.69) is 41.2 Å². The molecule has 3 heterocycles. The van der Waals surface area contributed by atoms with Crippen LogP contribution in [0.15, 0.2) is 12.1 Å². The van der Waals surface area contributed by atoms with Crippen LogP contribution in [0.1, 0.15) is 58.7 Å². The number of hydrogen-bond acceptors (Lipinski definition) is 6. The summed E-state index contributed by atoms with van der Waals surface area (Å²) in [5, 5.41) is 17.1. The van der Waals surface area contributed by atoms with E-state index in [9.17, 15) is 0 Å². The van der Waals surface area contributed by atoms with E-state index in [0.29, 0.717) is 5.41 Å². The van der Waals surface area contributed by atoms with Gasteiger partial charge < -0.3 is 10.1 Å². The predicted molar refractivity (Wildman–Crippen MR) is 111 cm³/mol. The molecular weight excluding hydrogens is 352 g/mol. The minimum Gasteiger partial charge on any atom is -0.379 e. The smallest absolute Gasteiger partial charge is 0.178 e. The maximum absolute atomic E-state index is 5.54. The Bertz CT molecular complexity index is 784. The minimum absolute atomic E-state index is 0.0913. The summed E-state index contributed by atoms with van der Waals surface area (Å²) in [4.78, 5) is 2.59. The van der Waals surface area contributed by atoms with Gasteiger partial charge in [-0.05, 0) is 25.0 Å². The van der Waals surface area contributed by atoms with Gasteiger partial charge in [0.25, 0.3) is 0 Å². The van der Waals surface area contributed by atoms with E-state index in [1.54, 1.807) is 0 Å². The van der Waals surface area contributed by atoms with Gasteiger partial charge in [-0.1, -0.05) is 40.0 Å². The van der Waals surface area contributed by atoms with Crippen LogP contribution in [0, 0.1) is 5.41 Å². The highest BCUT2D eigenvalue weighted by molar-refractivity contribution is 5.44.